The summed E-state index contributed by atoms with van der Waals surface area (Å²) in [4.78, 5) is 3.21. The van der Waals surface area contributed by atoms with Gasteiger partial charge >= 0.3 is 37.9 Å². The first-order valence-electron chi connectivity index (χ1n) is 12.7. The third-order valence-corrected chi connectivity index (χ3v) is 12.8. The van der Waals surface area contributed by atoms with E-state index >= 15 is 0 Å². The Morgan fingerprint density at radius 3 is 1.91 bits per heavy atom. The first-order chi connectivity index (χ1) is 15.0. The van der Waals surface area contributed by atoms with Crippen molar-refractivity contribution in [1.29, 1.82) is 0 Å². The minimum atomic E-state index is -0.826. The van der Waals surface area contributed by atoms with E-state index in [2.05, 4.69) is 56.4 Å². The molecule has 0 amide bonds. The molecule has 0 aromatic heterocycles. The molecule has 0 aromatic carbocycles. The van der Waals surface area contributed by atoms with E-state index in [1.807, 2.05) is 0 Å². The number of hydrogen-bond donors (Lipinski definition) is 0. The summed E-state index contributed by atoms with van der Waals surface area (Å²) in [5, 5.41) is 1.79. The van der Waals surface area contributed by atoms with Crippen LogP contribution in [0.25, 0.3) is 0 Å². The molecule has 0 spiro atoms. The van der Waals surface area contributed by atoms with Gasteiger partial charge in [0.2, 0.25) is 0 Å². The molecular formula is C28H44Cl2S2Zr. The second kappa shape index (κ2) is 12.5. The topological polar surface area (TPSA) is 0 Å². The van der Waals surface area contributed by atoms with E-state index in [0.717, 1.165) is 63.8 Å². The summed E-state index contributed by atoms with van der Waals surface area (Å²) < 4.78 is 0. The molecule has 0 bridgehead atoms. The molecule has 2 aliphatic heterocycles. The van der Waals surface area contributed by atoms with Crippen LogP contribution < -0.4 is 0 Å². The van der Waals surface area contributed by atoms with Gasteiger partial charge in [0.1, 0.15) is 0 Å². The van der Waals surface area contributed by atoms with E-state index in [9.17, 15) is 0 Å². The van der Waals surface area contributed by atoms with Crippen LogP contribution in [0.1, 0.15) is 72.1 Å². The fourth-order valence-electron chi connectivity index (χ4n) is 8.91. The van der Waals surface area contributed by atoms with Crippen LogP contribution in [-0.2, 0) is 20.8 Å². The van der Waals surface area contributed by atoms with Gasteiger partial charge in [-0.2, -0.15) is 0 Å². The Morgan fingerprint density at radius 1 is 0.818 bits per heavy atom. The van der Waals surface area contributed by atoms with Gasteiger partial charge in [-0.3, -0.25) is 0 Å². The normalized spacial score (nSPS) is 46.3. The van der Waals surface area contributed by atoms with Crippen molar-refractivity contribution in [3.63, 3.8) is 0 Å². The van der Waals surface area contributed by atoms with Crippen molar-refractivity contribution < 1.29 is 20.8 Å². The summed E-state index contributed by atoms with van der Waals surface area (Å²) in [5.74, 6) is 9.09. The van der Waals surface area contributed by atoms with Crippen molar-refractivity contribution in [2.75, 3.05) is 0 Å². The average molecular weight is 607 g/mol. The molecule has 33 heavy (non-hydrogen) atoms. The molecule has 6 rings (SSSR count). The molecule has 2 heterocycles. The van der Waals surface area contributed by atoms with Crippen LogP contribution in [-0.4, -0.2) is 10.5 Å². The molecule has 0 radical (unpaired) electrons. The zero-order valence-corrected chi connectivity index (χ0v) is 26.8. The molecule has 6 aliphatic rings. The van der Waals surface area contributed by atoms with Gasteiger partial charge in [-0.25, -0.2) is 0 Å². The van der Waals surface area contributed by atoms with Crippen molar-refractivity contribution in [2.45, 2.75) is 82.6 Å². The van der Waals surface area contributed by atoms with Crippen LogP contribution >= 0.6 is 40.5 Å². The van der Waals surface area contributed by atoms with E-state index in [0.29, 0.717) is 0 Å². The SMILES string of the molecule is CC1=CC2C3C=C(C)SC3C(CCC3C(C)CC4CC5CCCC5CC43)C2S1.[CH3-].[CH3-].[Cl][Zr+2][Cl]. The van der Waals surface area contributed by atoms with Gasteiger partial charge in [0, 0.05) is 10.5 Å². The standard InChI is InChI=1S/C26H38S2.2CH3.2ClH.Zr/c1-14-9-19-12-17-5-4-6-18(17)13-22(19)20(14)7-8-21-25-23(10-15(2)27-25)24-11-16(3)28-26(21)24;;;;;/h10-11,14,17-26H,4-9,12-13H2,1-3H3;2*1H3;2*1H;/q;2*-1;;;+4/p-2. The van der Waals surface area contributed by atoms with Crippen LogP contribution in [0.5, 0.6) is 0 Å². The molecule has 0 nitrogen and oxygen atoms in total. The Bertz CT molecular complexity index is 693. The van der Waals surface area contributed by atoms with Crippen molar-refractivity contribution in [3.05, 3.63) is 36.8 Å². The maximum atomic E-state index is 4.93. The number of allylic oxidation sites excluding steroid dienone is 4. The summed E-state index contributed by atoms with van der Waals surface area (Å²) in [5.41, 5.74) is 0. The molecule has 10 unspecified atom stereocenters. The Morgan fingerprint density at radius 2 is 1.33 bits per heavy atom. The summed E-state index contributed by atoms with van der Waals surface area (Å²) in [6.07, 6.45) is 17.8. The Labute approximate surface area is 232 Å². The van der Waals surface area contributed by atoms with Gasteiger partial charge in [0.25, 0.3) is 0 Å². The van der Waals surface area contributed by atoms with Gasteiger partial charge in [-0.1, -0.05) is 38.3 Å². The second-order valence-corrected chi connectivity index (χ2v) is 18.0. The minimum absolute atomic E-state index is 0. The maximum absolute atomic E-state index is 4.93. The Hall–Kier alpha value is 1.64. The predicted molar refractivity (Wildman–Crippen MR) is 149 cm³/mol. The molecule has 186 valence electrons. The Balaban J connectivity index is 0.000000583. The number of rotatable bonds is 3. The quantitative estimate of drug-likeness (QED) is 0.293. The molecular weight excluding hydrogens is 563 g/mol. The Kier molecular flexibility index (Phi) is 11.0. The number of fused-ring (bicyclic) bond motifs is 5. The average Bonchev–Trinajstić information content (AvgIpc) is 3.49. The van der Waals surface area contributed by atoms with Crippen molar-refractivity contribution in [2.24, 2.45) is 53.3 Å². The molecule has 4 aliphatic carbocycles. The second-order valence-electron chi connectivity index (χ2n) is 11.4. The summed E-state index contributed by atoms with van der Waals surface area (Å²) in [7, 11) is 9.87. The van der Waals surface area contributed by atoms with E-state index < -0.39 is 20.8 Å². The molecule has 4 saturated carbocycles. The van der Waals surface area contributed by atoms with Gasteiger partial charge in [-0.05, 0) is 109 Å². The zero-order valence-electron chi connectivity index (χ0n) is 21.2. The van der Waals surface area contributed by atoms with Crippen LogP contribution in [0.4, 0.5) is 0 Å². The third-order valence-electron chi connectivity index (χ3n) is 9.94. The number of hydrogen-bond acceptors (Lipinski definition) is 2. The molecule has 4 fully saturated rings. The van der Waals surface area contributed by atoms with Gasteiger partial charge in [0.15, 0.2) is 0 Å². The monoisotopic (exact) mass is 604 g/mol. The zero-order chi connectivity index (χ0) is 21.7. The van der Waals surface area contributed by atoms with Gasteiger partial charge in [0.05, 0.1) is 0 Å². The third kappa shape index (κ3) is 5.73. The van der Waals surface area contributed by atoms with Crippen LogP contribution in [0.3, 0.4) is 0 Å². The summed E-state index contributed by atoms with van der Waals surface area (Å²) in [6.45, 7) is 7.33. The van der Waals surface area contributed by atoms with Crippen molar-refractivity contribution in [1.82, 2.24) is 0 Å². The van der Waals surface area contributed by atoms with Gasteiger partial charge < -0.3 is 14.9 Å². The van der Waals surface area contributed by atoms with Crippen molar-refractivity contribution >= 4 is 40.5 Å². The van der Waals surface area contributed by atoms with Crippen molar-refractivity contribution in [3.8, 4) is 0 Å². The van der Waals surface area contributed by atoms with E-state index in [4.69, 9.17) is 17.0 Å². The number of thioether (sulfide) groups is 2. The molecule has 0 aromatic rings. The van der Waals surface area contributed by atoms with Gasteiger partial charge in [-0.15, -0.1) is 23.5 Å². The summed E-state index contributed by atoms with van der Waals surface area (Å²) in [6, 6.07) is 0. The molecule has 5 heteroatoms. The first-order valence-corrected chi connectivity index (χ1v) is 20.8. The molecule has 10 atom stereocenters. The fourth-order valence-corrected chi connectivity index (χ4v) is 12.1. The van der Waals surface area contributed by atoms with Crippen LogP contribution in [0, 0.1) is 68.1 Å². The van der Waals surface area contributed by atoms with Crippen LogP contribution in [0.15, 0.2) is 22.0 Å². The first kappa shape index (κ1) is 29.2. The number of halogens is 2. The fraction of sp³-hybridized carbons (Fsp3) is 0.786. The predicted octanol–water partition coefficient (Wildman–Crippen LogP) is 10.0. The van der Waals surface area contributed by atoms with E-state index in [1.54, 1.807) is 41.9 Å². The van der Waals surface area contributed by atoms with E-state index in [1.165, 1.54) is 19.3 Å². The van der Waals surface area contributed by atoms with Crippen LogP contribution in [0.2, 0.25) is 0 Å². The molecule has 0 N–H and O–H groups in total. The summed E-state index contributed by atoms with van der Waals surface area (Å²) >= 11 is 3.65. The molecule has 0 saturated heterocycles. The van der Waals surface area contributed by atoms with E-state index in [-0.39, 0.29) is 14.9 Å².